The standard InChI is InChI=1S/C10H9BrFNO/c1-10(2)7-6(12)4-3-5(11)8(7)13-9(10)14/h3-4H,1-2H3,(H,13,14). The molecule has 2 rings (SSSR count). The lowest BCUT2D eigenvalue weighted by molar-refractivity contribution is -0.119. The summed E-state index contributed by atoms with van der Waals surface area (Å²) >= 11 is 3.28. The molecule has 1 aromatic rings. The maximum atomic E-state index is 13.5. The highest BCUT2D eigenvalue weighted by molar-refractivity contribution is 9.10. The number of hydrogen-bond donors (Lipinski definition) is 1. The van der Waals surface area contributed by atoms with E-state index in [1.165, 1.54) is 6.07 Å². The summed E-state index contributed by atoms with van der Waals surface area (Å²) in [4.78, 5) is 11.6. The number of hydrogen-bond acceptors (Lipinski definition) is 1. The maximum absolute atomic E-state index is 13.5. The molecule has 0 aliphatic carbocycles. The third kappa shape index (κ3) is 1.10. The molecule has 0 bridgehead atoms. The Kier molecular flexibility index (Phi) is 1.93. The van der Waals surface area contributed by atoms with Gasteiger partial charge in [-0.05, 0) is 41.9 Å². The highest BCUT2D eigenvalue weighted by Gasteiger charge is 2.41. The minimum absolute atomic E-state index is 0.168. The molecule has 1 heterocycles. The lowest BCUT2D eigenvalue weighted by Crippen LogP contribution is -2.27. The lowest BCUT2D eigenvalue weighted by Gasteiger charge is -2.15. The molecule has 1 amide bonds. The summed E-state index contributed by atoms with van der Waals surface area (Å²) in [6, 6.07) is 2.96. The molecule has 4 heteroatoms. The zero-order chi connectivity index (χ0) is 10.5. The van der Waals surface area contributed by atoms with Crippen molar-refractivity contribution < 1.29 is 9.18 Å². The van der Waals surface area contributed by atoms with Crippen molar-refractivity contribution in [3.05, 3.63) is 28.0 Å². The highest BCUT2D eigenvalue weighted by Crippen LogP contribution is 2.42. The molecule has 0 atom stereocenters. The third-order valence-corrected chi connectivity index (χ3v) is 3.20. The van der Waals surface area contributed by atoms with Crippen molar-refractivity contribution in [1.82, 2.24) is 0 Å². The normalized spacial score (nSPS) is 17.9. The van der Waals surface area contributed by atoms with E-state index in [1.54, 1.807) is 19.9 Å². The van der Waals surface area contributed by atoms with Crippen LogP contribution in [0.5, 0.6) is 0 Å². The number of anilines is 1. The second-order valence-corrected chi connectivity index (χ2v) is 4.71. The van der Waals surface area contributed by atoms with E-state index in [2.05, 4.69) is 21.2 Å². The van der Waals surface area contributed by atoms with Crippen LogP contribution in [0.15, 0.2) is 16.6 Å². The van der Waals surface area contributed by atoms with Gasteiger partial charge in [-0.15, -0.1) is 0 Å². The van der Waals surface area contributed by atoms with Crippen LogP contribution in [0.1, 0.15) is 19.4 Å². The summed E-state index contributed by atoms with van der Waals surface area (Å²) in [6.07, 6.45) is 0. The highest BCUT2D eigenvalue weighted by atomic mass is 79.9. The van der Waals surface area contributed by atoms with Crippen LogP contribution in [0.2, 0.25) is 0 Å². The fourth-order valence-corrected chi connectivity index (χ4v) is 2.10. The van der Waals surface area contributed by atoms with Crippen LogP contribution >= 0.6 is 15.9 Å². The predicted molar refractivity (Wildman–Crippen MR) is 55.8 cm³/mol. The Morgan fingerprint density at radius 2 is 2.07 bits per heavy atom. The first kappa shape index (κ1) is 9.65. The number of rotatable bonds is 0. The van der Waals surface area contributed by atoms with Crippen molar-refractivity contribution in [3.63, 3.8) is 0 Å². The van der Waals surface area contributed by atoms with Gasteiger partial charge in [0.1, 0.15) is 5.82 Å². The van der Waals surface area contributed by atoms with Crippen molar-refractivity contribution in [2.24, 2.45) is 0 Å². The second kappa shape index (κ2) is 2.79. The predicted octanol–water partition coefficient (Wildman–Crippen LogP) is 2.82. The molecule has 2 nitrogen and oxygen atoms in total. The molecule has 0 fully saturated rings. The minimum atomic E-state index is -0.788. The summed E-state index contributed by atoms with van der Waals surface area (Å²) in [5, 5.41) is 2.67. The topological polar surface area (TPSA) is 29.1 Å². The van der Waals surface area contributed by atoms with Gasteiger partial charge in [0, 0.05) is 10.0 Å². The summed E-state index contributed by atoms with van der Waals surface area (Å²) < 4.78 is 14.2. The number of halogens is 2. The Balaban J connectivity index is 2.76. The van der Waals surface area contributed by atoms with Crippen molar-refractivity contribution in [1.29, 1.82) is 0 Å². The maximum Gasteiger partial charge on any atom is 0.234 e. The van der Waals surface area contributed by atoms with E-state index in [0.29, 0.717) is 15.7 Å². The smallest absolute Gasteiger partial charge is 0.234 e. The molecule has 0 unspecified atom stereocenters. The molecule has 0 spiro atoms. The van der Waals surface area contributed by atoms with Crippen LogP contribution in [0.3, 0.4) is 0 Å². The molecule has 0 radical (unpaired) electrons. The summed E-state index contributed by atoms with van der Waals surface area (Å²) in [7, 11) is 0. The van der Waals surface area contributed by atoms with Crippen LogP contribution in [0.25, 0.3) is 0 Å². The third-order valence-electron chi connectivity index (χ3n) is 2.53. The average molecular weight is 258 g/mol. The van der Waals surface area contributed by atoms with Gasteiger partial charge in [0.15, 0.2) is 0 Å². The Hall–Kier alpha value is -0.900. The van der Waals surface area contributed by atoms with Gasteiger partial charge in [0.25, 0.3) is 0 Å². The van der Waals surface area contributed by atoms with E-state index in [-0.39, 0.29) is 11.7 Å². The fraction of sp³-hybridized carbons (Fsp3) is 0.300. The van der Waals surface area contributed by atoms with Gasteiger partial charge in [-0.25, -0.2) is 4.39 Å². The number of fused-ring (bicyclic) bond motifs is 1. The Morgan fingerprint density at radius 3 is 2.64 bits per heavy atom. The van der Waals surface area contributed by atoms with Gasteiger partial charge in [0.2, 0.25) is 5.91 Å². The van der Waals surface area contributed by atoms with Crippen LogP contribution in [-0.2, 0) is 10.2 Å². The van der Waals surface area contributed by atoms with Crippen molar-refractivity contribution >= 4 is 27.5 Å². The molecule has 0 saturated heterocycles. The molecule has 14 heavy (non-hydrogen) atoms. The van der Waals surface area contributed by atoms with Crippen LogP contribution < -0.4 is 5.32 Å². The molecular weight excluding hydrogens is 249 g/mol. The first-order valence-corrected chi connectivity index (χ1v) is 5.04. The largest absolute Gasteiger partial charge is 0.324 e. The van der Waals surface area contributed by atoms with Crippen molar-refractivity contribution in [2.75, 3.05) is 5.32 Å². The van der Waals surface area contributed by atoms with Gasteiger partial charge in [-0.3, -0.25) is 4.79 Å². The molecule has 1 N–H and O–H groups in total. The minimum Gasteiger partial charge on any atom is -0.324 e. The molecular formula is C10H9BrFNO. The van der Waals surface area contributed by atoms with E-state index in [4.69, 9.17) is 0 Å². The zero-order valence-corrected chi connectivity index (χ0v) is 9.40. The van der Waals surface area contributed by atoms with Gasteiger partial charge in [-0.1, -0.05) is 0 Å². The number of benzene rings is 1. The molecule has 1 aliphatic rings. The summed E-state index contributed by atoms with van der Waals surface area (Å²) in [5.41, 5.74) is 0.209. The first-order valence-electron chi connectivity index (χ1n) is 4.24. The van der Waals surface area contributed by atoms with Gasteiger partial charge >= 0.3 is 0 Å². The Bertz CT molecular complexity index is 428. The molecule has 1 aromatic carbocycles. The summed E-state index contributed by atoms with van der Waals surface area (Å²) in [6.45, 7) is 3.42. The van der Waals surface area contributed by atoms with Crippen molar-refractivity contribution in [2.45, 2.75) is 19.3 Å². The fourth-order valence-electron chi connectivity index (χ4n) is 1.67. The van der Waals surface area contributed by atoms with Gasteiger partial charge < -0.3 is 5.32 Å². The molecule has 74 valence electrons. The Morgan fingerprint density at radius 1 is 1.43 bits per heavy atom. The lowest BCUT2D eigenvalue weighted by atomic mass is 9.86. The zero-order valence-electron chi connectivity index (χ0n) is 7.82. The quantitative estimate of drug-likeness (QED) is 0.761. The molecule has 0 saturated carbocycles. The van der Waals surface area contributed by atoms with Crippen LogP contribution in [0, 0.1) is 5.82 Å². The molecule has 0 aromatic heterocycles. The monoisotopic (exact) mass is 257 g/mol. The number of amides is 1. The number of nitrogens with one attached hydrogen (secondary N) is 1. The van der Waals surface area contributed by atoms with Crippen molar-refractivity contribution in [3.8, 4) is 0 Å². The summed E-state index contributed by atoms with van der Waals surface area (Å²) in [5.74, 6) is -0.509. The first-order chi connectivity index (χ1) is 6.44. The van der Waals surface area contributed by atoms with Gasteiger partial charge in [-0.2, -0.15) is 0 Å². The van der Waals surface area contributed by atoms with E-state index in [0.717, 1.165) is 0 Å². The van der Waals surface area contributed by atoms with E-state index in [9.17, 15) is 9.18 Å². The van der Waals surface area contributed by atoms with E-state index < -0.39 is 5.41 Å². The average Bonchev–Trinajstić information content (AvgIpc) is 2.33. The van der Waals surface area contributed by atoms with Gasteiger partial charge in [0.05, 0.1) is 11.1 Å². The Labute approximate surface area is 89.6 Å². The number of carbonyl (C=O) groups is 1. The van der Waals surface area contributed by atoms with Crippen LogP contribution in [0.4, 0.5) is 10.1 Å². The van der Waals surface area contributed by atoms with E-state index >= 15 is 0 Å². The number of carbonyl (C=O) groups excluding carboxylic acids is 1. The second-order valence-electron chi connectivity index (χ2n) is 3.86. The SMILES string of the molecule is CC1(C)C(=O)Nc2c(Br)ccc(F)c21. The molecule has 1 aliphatic heterocycles. The van der Waals surface area contributed by atoms with Crippen LogP contribution in [-0.4, -0.2) is 5.91 Å². The van der Waals surface area contributed by atoms with E-state index in [1.807, 2.05) is 0 Å².